The van der Waals surface area contributed by atoms with Gasteiger partial charge in [0.05, 0.1) is 20.3 Å². The van der Waals surface area contributed by atoms with Crippen LogP contribution in [0.4, 0.5) is 0 Å². The minimum Gasteiger partial charge on any atom is -0.493 e. The lowest BCUT2D eigenvalue weighted by molar-refractivity contribution is 0.0811. The van der Waals surface area contributed by atoms with Gasteiger partial charge in [-0.25, -0.2) is 0 Å². The summed E-state index contributed by atoms with van der Waals surface area (Å²) in [5.74, 6) is 1.60. The van der Waals surface area contributed by atoms with E-state index in [0.717, 1.165) is 49.3 Å². The molecule has 0 amide bonds. The van der Waals surface area contributed by atoms with Gasteiger partial charge in [0.15, 0.2) is 11.5 Å². The Morgan fingerprint density at radius 3 is 2.28 bits per heavy atom. The normalized spacial score (nSPS) is 16.7. The summed E-state index contributed by atoms with van der Waals surface area (Å²) in [5, 5.41) is 10.8. The highest BCUT2D eigenvalue weighted by atomic mass is 35.5. The molecule has 2 aromatic carbocycles. The number of hydrogen-bond donors (Lipinski definition) is 1. The monoisotopic (exact) mass is 419 g/mol. The van der Waals surface area contributed by atoms with Gasteiger partial charge in [-0.3, -0.25) is 4.90 Å². The molecule has 2 aromatic rings. The van der Waals surface area contributed by atoms with Crippen LogP contribution in [0.15, 0.2) is 36.4 Å². The van der Waals surface area contributed by atoms with Crippen molar-refractivity contribution >= 4 is 12.4 Å². The van der Waals surface area contributed by atoms with Crippen molar-refractivity contribution in [1.29, 1.82) is 0 Å². The second-order valence-corrected chi connectivity index (χ2v) is 7.79. The van der Waals surface area contributed by atoms with E-state index in [9.17, 15) is 5.11 Å². The second-order valence-electron chi connectivity index (χ2n) is 7.79. The molecule has 5 heteroatoms. The third-order valence-corrected chi connectivity index (χ3v) is 5.81. The van der Waals surface area contributed by atoms with Gasteiger partial charge in [0, 0.05) is 12.6 Å². The molecule has 0 radical (unpaired) electrons. The van der Waals surface area contributed by atoms with E-state index in [2.05, 4.69) is 43.0 Å². The van der Waals surface area contributed by atoms with Gasteiger partial charge in [-0.2, -0.15) is 0 Å². The van der Waals surface area contributed by atoms with Crippen molar-refractivity contribution in [3.8, 4) is 11.5 Å². The minimum atomic E-state index is -0.459. The van der Waals surface area contributed by atoms with E-state index in [1.54, 1.807) is 14.2 Å². The number of nitrogens with zero attached hydrogens (tertiary/aromatic N) is 1. The Kier molecular flexibility index (Phi) is 8.81. The number of halogens is 1. The van der Waals surface area contributed by atoms with Crippen LogP contribution in [0, 0.1) is 6.92 Å². The maximum atomic E-state index is 10.8. The number of benzene rings is 2. The zero-order valence-electron chi connectivity index (χ0n) is 18.0. The Balaban J connectivity index is 0.00000300. The Hall–Kier alpha value is -1.75. The maximum Gasteiger partial charge on any atom is 0.161 e. The van der Waals surface area contributed by atoms with Crippen molar-refractivity contribution in [2.75, 3.05) is 27.3 Å². The molecular weight excluding hydrogens is 386 g/mol. The number of fused-ring (bicyclic) bond motifs is 1. The molecule has 0 fully saturated rings. The molecule has 1 aliphatic carbocycles. The Labute approximate surface area is 181 Å². The van der Waals surface area contributed by atoms with Crippen molar-refractivity contribution in [2.45, 2.75) is 51.7 Å². The first kappa shape index (κ1) is 23.5. The predicted octanol–water partition coefficient (Wildman–Crippen LogP) is 4.74. The molecule has 0 spiro atoms. The predicted molar refractivity (Wildman–Crippen MR) is 121 cm³/mol. The molecule has 1 aliphatic rings. The lowest BCUT2D eigenvalue weighted by Crippen LogP contribution is -2.42. The minimum absolute atomic E-state index is 0. The topological polar surface area (TPSA) is 41.9 Å². The van der Waals surface area contributed by atoms with Crippen molar-refractivity contribution in [3.63, 3.8) is 0 Å². The van der Waals surface area contributed by atoms with E-state index in [0.29, 0.717) is 12.6 Å². The molecule has 2 unspecified atom stereocenters. The van der Waals surface area contributed by atoms with Crippen LogP contribution in [0.2, 0.25) is 0 Å². The number of aliphatic hydroxyl groups excluding tert-OH is 1. The Morgan fingerprint density at radius 2 is 1.69 bits per heavy atom. The van der Waals surface area contributed by atoms with Gasteiger partial charge in [0.1, 0.15) is 0 Å². The third kappa shape index (κ3) is 5.65. The molecule has 0 aliphatic heterocycles. The molecule has 29 heavy (non-hydrogen) atoms. The number of methoxy groups -OCH3 is 2. The molecule has 0 saturated carbocycles. The zero-order valence-corrected chi connectivity index (χ0v) is 18.8. The first-order chi connectivity index (χ1) is 13.5. The molecule has 160 valence electrons. The summed E-state index contributed by atoms with van der Waals surface area (Å²) >= 11 is 0. The number of aryl methyl sites for hydroxylation is 2. The summed E-state index contributed by atoms with van der Waals surface area (Å²) in [6.07, 6.45) is 3.73. The van der Waals surface area contributed by atoms with E-state index in [1.165, 1.54) is 16.7 Å². The Bertz CT molecular complexity index is 778. The van der Waals surface area contributed by atoms with Gasteiger partial charge in [0.2, 0.25) is 0 Å². The molecule has 0 bridgehead atoms. The molecule has 4 nitrogen and oxygen atoms in total. The van der Waals surface area contributed by atoms with Gasteiger partial charge < -0.3 is 14.6 Å². The smallest absolute Gasteiger partial charge is 0.161 e. The number of aliphatic hydroxyl groups is 1. The SMILES string of the molecule is CCCN(CC(O)c1ccc(C)cc1)C1CCc2cc(OC)c(OC)cc2C1.Cl. The summed E-state index contributed by atoms with van der Waals surface area (Å²) in [4.78, 5) is 2.46. The number of rotatable bonds is 8. The molecule has 3 rings (SSSR count). The summed E-state index contributed by atoms with van der Waals surface area (Å²) < 4.78 is 11.0. The second kappa shape index (κ2) is 10.9. The fraction of sp³-hybridized carbons (Fsp3) is 0.500. The molecule has 0 aromatic heterocycles. The van der Waals surface area contributed by atoms with Crippen LogP contribution in [0.5, 0.6) is 11.5 Å². The van der Waals surface area contributed by atoms with Crippen LogP contribution >= 0.6 is 12.4 Å². The molecule has 2 atom stereocenters. The Morgan fingerprint density at radius 1 is 1.07 bits per heavy atom. The third-order valence-electron chi connectivity index (χ3n) is 5.81. The molecule has 1 N–H and O–H groups in total. The average molecular weight is 420 g/mol. The molecule has 0 heterocycles. The zero-order chi connectivity index (χ0) is 20.1. The van der Waals surface area contributed by atoms with Gasteiger partial charge in [-0.1, -0.05) is 36.8 Å². The molecule has 0 saturated heterocycles. The van der Waals surface area contributed by atoms with Crippen LogP contribution in [-0.4, -0.2) is 43.4 Å². The van der Waals surface area contributed by atoms with Gasteiger partial charge in [-0.05, 0) is 68.0 Å². The van der Waals surface area contributed by atoms with Gasteiger partial charge in [-0.15, -0.1) is 12.4 Å². The van der Waals surface area contributed by atoms with Crippen LogP contribution in [0.3, 0.4) is 0 Å². The fourth-order valence-electron chi connectivity index (χ4n) is 4.20. The molecular formula is C24H34ClNO3. The van der Waals surface area contributed by atoms with Crippen molar-refractivity contribution in [3.05, 3.63) is 58.7 Å². The van der Waals surface area contributed by atoms with E-state index in [4.69, 9.17) is 9.47 Å². The maximum absolute atomic E-state index is 10.8. The van der Waals surface area contributed by atoms with Crippen LogP contribution in [-0.2, 0) is 12.8 Å². The largest absolute Gasteiger partial charge is 0.493 e. The van der Waals surface area contributed by atoms with Gasteiger partial charge >= 0.3 is 0 Å². The van der Waals surface area contributed by atoms with Crippen molar-refractivity contribution in [2.24, 2.45) is 0 Å². The highest BCUT2D eigenvalue weighted by Gasteiger charge is 2.27. The standard InChI is InChI=1S/C24H33NO3.ClH/c1-5-12-25(16-22(26)18-8-6-17(2)7-9-18)21-11-10-19-14-23(27-3)24(28-4)15-20(19)13-21;/h6-9,14-15,21-22,26H,5,10-13,16H2,1-4H3;1H. The first-order valence-electron chi connectivity index (χ1n) is 10.3. The fourth-order valence-corrected chi connectivity index (χ4v) is 4.20. The van der Waals surface area contributed by atoms with Crippen molar-refractivity contribution < 1.29 is 14.6 Å². The lowest BCUT2D eigenvalue weighted by atomic mass is 9.86. The summed E-state index contributed by atoms with van der Waals surface area (Å²) in [7, 11) is 3.37. The quantitative estimate of drug-likeness (QED) is 0.671. The number of ether oxygens (including phenoxy) is 2. The van der Waals surface area contributed by atoms with E-state index < -0.39 is 6.10 Å². The van der Waals surface area contributed by atoms with E-state index >= 15 is 0 Å². The van der Waals surface area contributed by atoms with Crippen LogP contribution in [0.1, 0.15) is 48.1 Å². The average Bonchev–Trinajstić information content (AvgIpc) is 2.72. The first-order valence-corrected chi connectivity index (χ1v) is 10.3. The summed E-state index contributed by atoms with van der Waals surface area (Å²) in [5.41, 5.74) is 4.90. The summed E-state index contributed by atoms with van der Waals surface area (Å²) in [6, 6.07) is 12.9. The highest BCUT2D eigenvalue weighted by molar-refractivity contribution is 5.85. The summed E-state index contributed by atoms with van der Waals surface area (Å²) in [6.45, 7) is 5.94. The van der Waals surface area contributed by atoms with E-state index in [1.807, 2.05) is 12.1 Å². The van der Waals surface area contributed by atoms with E-state index in [-0.39, 0.29) is 12.4 Å². The van der Waals surface area contributed by atoms with Gasteiger partial charge in [0.25, 0.3) is 0 Å². The van der Waals surface area contributed by atoms with Crippen LogP contribution in [0.25, 0.3) is 0 Å². The number of hydrogen-bond acceptors (Lipinski definition) is 4. The lowest BCUT2D eigenvalue weighted by Gasteiger charge is -2.36. The van der Waals surface area contributed by atoms with Crippen LogP contribution < -0.4 is 9.47 Å². The highest BCUT2D eigenvalue weighted by Crippen LogP contribution is 2.35. The van der Waals surface area contributed by atoms with Crippen molar-refractivity contribution in [1.82, 2.24) is 4.90 Å².